The molecule has 2 fully saturated rings. The summed E-state index contributed by atoms with van der Waals surface area (Å²) in [6, 6.07) is 9.69. The minimum absolute atomic E-state index is 0.184. The Bertz CT molecular complexity index is 608. The summed E-state index contributed by atoms with van der Waals surface area (Å²) in [7, 11) is 0. The molecule has 2 aromatic rings. The molecule has 102 valence electrons. The van der Waals surface area contributed by atoms with Crippen LogP contribution in [0.3, 0.4) is 0 Å². The highest BCUT2D eigenvalue weighted by molar-refractivity contribution is 5.92. The molecule has 2 aliphatic carbocycles. The zero-order valence-electron chi connectivity index (χ0n) is 11.2. The van der Waals surface area contributed by atoms with E-state index in [4.69, 9.17) is 0 Å². The van der Waals surface area contributed by atoms with E-state index in [1.807, 2.05) is 36.5 Å². The van der Waals surface area contributed by atoms with Crippen molar-refractivity contribution in [3.8, 4) is 5.69 Å². The van der Waals surface area contributed by atoms with Crippen molar-refractivity contribution >= 4 is 11.6 Å². The van der Waals surface area contributed by atoms with E-state index >= 15 is 0 Å². The highest BCUT2D eigenvalue weighted by Crippen LogP contribution is 2.54. The SMILES string of the molecule is O=C(Nc1ccc(-n2cccn2)cc1)C1CC2CC2C1. The Labute approximate surface area is 117 Å². The van der Waals surface area contributed by atoms with Gasteiger partial charge in [0.25, 0.3) is 0 Å². The molecule has 0 saturated heterocycles. The first-order valence-corrected chi connectivity index (χ1v) is 7.20. The molecular weight excluding hydrogens is 250 g/mol. The van der Waals surface area contributed by atoms with E-state index in [0.29, 0.717) is 0 Å². The molecule has 2 saturated carbocycles. The van der Waals surface area contributed by atoms with Crippen LogP contribution in [-0.4, -0.2) is 15.7 Å². The van der Waals surface area contributed by atoms with Crippen molar-refractivity contribution in [2.24, 2.45) is 17.8 Å². The lowest BCUT2D eigenvalue weighted by atomic mass is 10.0. The smallest absolute Gasteiger partial charge is 0.227 e. The van der Waals surface area contributed by atoms with Gasteiger partial charge in [-0.15, -0.1) is 0 Å². The van der Waals surface area contributed by atoms with Crippen molar-refractivity contribution in [1.82, 2.24) is 9.78 Å². The van der Waals surface area contributed by atoms with Gasteiger partial charge in [0.2, 0.25) is 5.91 Å². The number of carbonyl (C=O) groups excluding carboxylic acids is 1. The van der Waals surface area contributed by atoms with Crippen LogP contribution < -0.4 is 5.32 Å². The van der Waals surface area contributed by atoms with Crippen LogP contribution in [0.4, 0.5) is 5.69 Å². The Kier molecular flexibility index (Phi) is 2.62. The lowest BCUT2D eigenvalue weighted by Gasteiger charge is -2.12. The number of rotatable bonds is 3. The van der Waals surface area contributed by atoms with Gasteiger partial charge in [0.15, 0.2) is 0 Å². The summed E-state index contributed by atoms with van der Waals surface area (Å²) in [6.07, 6.45) is 7.17. The Hall–Kier alpha value is -2.10. The summed E-state index contributed by atoms with van der Waals surface area (Å²) in [5.74, 6) is 2.09. The van der Waals surface area contributed by atoms with Crippen molar-refractivity contribution in [3.63, 3.8) is 0 Å². The summed E-state index contributed by atoms with van der Waals surface area (Å²) in [4.78, 5) is 12.2. The van der Waals surface area contributed by atoms with Gasteiger partial charge >= 0.3 is 0 Å². The molecule has 4 rings (SSSR count). The van der Waals surface area contributed by atoms with Crippen LogP contribution in [0.5, 0.6) is 0 Å². The van der Waals surface area contributed by atoms with Crippen LogP contribution >= 0.6 is 0 Å². The third-order valence-electron chi connectivity index (χ3n) is 4.52. The normalized spacial score (nSPS) is 27.1. The summed E-state index contributed by atoms with van der Waals surface area (Å²) >= 11 is 0. The highest BCUT2D eigenvalue weighted by atomic mass is 16.1. The number of fused-ring (bicyclic) bond motifs is 1. The molecule has 20 heavy (non-hydrogen) atoms. The average Bonchev–Trinajstić information content (AvgIpc) is 2.92. The monoisotopic (exact) mass is 267 g/mol. The fourth-order valence-electron chi connectivity index (χ4n) is 3.29. The fraction of sp³-hybridized carbons (Fsp3) is 0.375. The van der Waals surface area contributed by atoms with Crippen LogP contribution in [0.25, 0.3) is 5.69 Å². The van der Waals surface area contributed by atoms with Crippen LogP contribution in [-0.2, 0) is 4.79 Å². The number of benzene rings is 1. The fourth-order valence-corrected chi connectivity index (χ4v) is 3.29. The number of hydrogen-bond donors (Lipinski definition) is 1. The average molecular weight is 267 g/mol. The predicted molar refractivity (Wildman–Crippen MR) is 76.5 cm³/mol. The van der Waals surface area contributed by atoms with Gasteiger partial charge in [0.1, 0.15) is 0 Å². The lowest BCUT2D eigenvalue weighted by molar-refractivity contribution is -0.120. The van der Waals surface area contributed by atoms with Crippen LogP contribution in [0.2, 0.25) is 0 Å². The quantitative estimate of drug-likeness (QED) is 0.929. The summed E-state index contributed by atoms with van der Waals surface area (Å²) in [5.41, 5.74) is 1.86. The van der Waals surface area contributed by atoms with Gasteiger partial charge in [-0.3, -0.25) is 4.79 Å². The molecule has 2 aliphatic rings. The Morgan fingerprint density at radius 1 is 1.15 bits per heavy atom. The minimum Gasteiger partial charge on any atom is -0.326 e. The third-order valence-corrected chi connectivity index (χ3v) is 4.52. The second kappa shape index (κ2) is 4.47. The molecule has 1 N–H and O–H groups in total. The molecule has 2 atom stereocenters. The molecule has 1 aromatic carbocycles. The van der Waals surface area contributed by atoms with Crippen molar-refractivity contribution in [1.29, 1.82) is 0 Å². The molecule has 1 amide bonds. The maximum absolute atomic E-state index is 12.2. The van der Waals surface area contributed by atoms with Crippen molar-refractivity contribution in [2.75, 3.05) is 5.32 Å². The molecule has 4 heteroatoms. The predicted octanol–water partition coefficient (Wildman–Crippen LogP) is 2.86. The van der Waals surface area contributed by atoms with E-state index in [1.165, 1.54) is 6.42 Å². The molecular formula is C16H17N3O. The maximum Gasteiger partial charge on any atom is 0.227 e. The minimum atomic E-state index is 0.184. The molecule has 4 nitrogen and oxygen atoms in total. The topological polar surface area (TPSA) is 46.9 Å². The van der Waals surface area contributed by atoms with Crippen molar-refractivity contribution in [3.05, 3.63) is 42.7 Å². The third kappa shape index (κ3) is 2.11. The van der Waals surface area contributed by atoms with E-state index < -0.39 is 0 Å². The zero-order valence-corrected chi connectivity index (χ0v) is 11.2. The van der Waals surface area contributed by atoms with Crippen LogP contribution in [0, 0.1) is 17.8 Å². The van der Waals surface area contributed by atoms with Crippen molar-refractivity contribution in [2.45, 2.75) is 19.3 Å². The first-order chi connectivity index (χ1) is 9.79. The van der Waals surface area contributed by atoms with E-state index in [1.54, 1.807) is 10.9 Å². The molecule has 0 radical (unpaired) electrons. The van der Waals surface area contributed by atoms with Crippen molar-refractivity contribution < 1.29 is 4.79 Å². The molecule has 0 aliphatic heterocycles. The summed E-state index contributed by atoms with van der Waals surface area (Å²) < 4.78 is 1.80. The Morgan fingerprint density at radius 3 is 2.55 bits per heavy atom. The van der Waals surface area contributed by atoms with Crippen LogP contribution in [0.1, 0.15) is 19.3 Å². The number of carbonyl (C=O) groups is 1. The van der Waals surface area contributed by atoms with Gasteiger partial charge in [-0.25, -0.2) is 4.68 Å². The number of anilines is 1. The second-order valence-corrected chi connectivity index (χ2v) is 5.91. The largest absolute Gasteiger partial charge is 0.326 e. The lowest BCUT2D eigenvalue weighted by Crippen LogP contribution is -2.21. The molecule has 0 spiro atoms. The number of nitrogens with one attached hydrogen (secondary N) is 1. The van der Waals surface area contributed by atoms with E-state index in [0.717, 1.165) is 36.1 Å². The van der Waals surface area contributed by atoms with E-state index in [-0.39, 0.29) is 11.8 Å². The maximum atomic E-state index is 12.2. The number of hydrogen-bond acceptors (Lipinski definition) is 2. The van der Waals surface area contributed by atoms with Gasteiger partial charge in [0, 0.05) is 24.0 Å². The molecule has 0 bridgehead atoms. The zero-order chi connectivity index (χ0) is 13.5. The molecule has 2 unspecified atom stereocenters. The molecule has 1 aromatic heterocycles. The molecule has 1 heterocycles. The van der Waals surface area contributed by atoms with Crippen LogP contribution in [0.15, 0.2) is 42.7 Å². The van der Waals surface area contributed by atoms with Gasteiger partial charge in [-0.1, -0.05) is 0 Å². The van der Waals surface area contributed by atoms with Gasteiger partial charge in [-0.2, -0.15) is 5.10 Å². The first-order valence-electron chi connectivity index (χ1n) is 7.20. The number of aromatic nitrogens is 2. The standard InChI is InChI=1S/C16H17N3O/c20-16(13-9-11-8-12(11)10-13)18-14-2-4-15(5-3-14)19-7-1-6-17-19/h1-7,11-13H,8-10H2,(H,18,20). The highest BCUT2D eigenvalue weighted by Gasteiger charge is 2.47. The summed E-state index contributed by atoms with van der Waals surface area (Å²) in [6.45, 7) is 0. The van der Waals surface area contributed by atoms with Gasteiger partial charge in [-0.05, 0) is 61.4 Å². The number of amides is 1. The second-order valence-electron chi connectivity index (χ2n) is 5.91. The van der Waals surface area contributed by atoms with E-state index in [2.05, 4.69) is 10.4 Å². The first kappa shape index (κ1) is 11.7. The van der Waals surface area contributed by atoms with Gasteiger partial charge in [0.05, 0.1) is 5.69 Å². The Balaban J connectivity index is 1.42. The number of nitrogens with zero attached hydrogens (tertiary/aromatic N) is 2. The summed E-state index contributed by atoms with van der Waals surface area (Å²) in [5, 5.41) is 7.21. The Morgan fingerprint density at radius 2 is 1.90 bits per heavy atom. The van der Waals surface area contributed by atoms with Gasteiger partial charge < -0.3 is 5.32 Å². The van der Waals surface area contributed by atoms with E-state index in [9.17, 15) is 4.79 Å².